The Bertz CT molecular complexity index is 308. The predicted molar refractivity (Wildman–Crippen MR) is 85.6 cm³/mol. The van der Waals surface area contributed by atoms with Crippen molar-refractivity contribution in [1.82, 2.24) is 10.2 Å². The van der Waals surface area contributed by atoms with Crippen LogP contribution in [0, 0.1) is 0 Å². The Morgan fingerprint density at radius 1 is 1.42 bits per heavy atom. The van der Waals surface area contributed by atoms with Crippen molar-refractivity contribution >= 4 is 41.7 Å². The molecule has 1 fully saturated rings. The maximum absolute atomic E-state index is 12.1. The molecule has 1 saturated heterocycles. The molecule has 0 saturated carbocycles. The van der Waals surface area contributed by atoms with Crippen LogP contribution in [0.2, 0.25) is 0 Å². The minimum atomic E-state index is -4.12. The largest absolute Gasteiger partial charge is 0.390 e. The molecule has 8 heteroatoms. The van der Waals surface area contributed by atoms with Gasteiger partial charge in [-0.25, -0.2) is 0 Å². The zero-order valence-corrected chi connectivity index (χ0v) is 14.5. The van der Waals surface area contributed by atoms with Gasteiger partial charge in [-0.1, -0.05) is 0 Å². The normalized spacial score (nSPS) is 19.9. The molecule has 19 heavy (non-hydrogen) atoms. The van der Waals surface area contributed by atoms with E-state index in [0.29, 0.717) is 5.96 Å². The predicted octanol–water partition coefficient (Wildman–Crippen LogP) is 2.96. The van der Waals surface area contributed by atoms with E-state index < -0.39 is 12.6 Å². The van der Waals surface area contributed by atoms with Crippen LogP contribution in [0.15, 0.2) is 4.99 Å². The minimum Gasteiger partial charge on any atom is -0.356 e. The highest BCUT2D eigenvalue weighted by Gasteiger charge is 2.30. The monoisotopic (exact) mass is 411 g/mol. The number of halogens is 4. The van der Waals surface area contributed by atoms with Gasteiger partial charge in [-0.05, 0) is 13.8 Å². The van der Waals surface area contributed by atoms with Crippen molar-refractivity contribution in [3.8, 4) is 0 Å². The topological polar surface area (TPSA) is 27.6 Å². The first-order valence-corrected chi connectivity index (χ1v) is 6.88. The fourth-order valence-electron chi connectivity index (χ4n) is 1.85. The second-order valence-electron chi connectivity index (χ2n) is 4.87. The maximum Gasteiger partial charge on any atom is 0.390 e. The number of guanidine groups is 1. The van der Waals surface area contributed by atoms with Gasteiger partial charge in [0.1, 0.15) is 0 Å². The summed E-state index contributed by atoms with van der Waals surface area (Å²) in [4.78, 5) is 6.07. The molecule has 0 aromatic rings. The number of nitrogens with one attached hydrogen (secondary N) is 1. The molecule has 114 valence electrons. The molecule has 3 nitrogen and oxygen atoms in total. The van der Waals surface area contributed by atoms with Crippen molar-refractivity contribution in [2.24, 2.45) is 4.99 Å². The van der Waals surface area contributed by atoms with Gasteiger partial charge in [0, 0.05) is 37.2 Å². The molecule has 0 unspecified atom stereocenters. The molecule has 0 aliphatic carbocycles. The van der Waals surface area contributed by atoms with Crippen molar-refractivity contribution in [3.63, 3.8) is 0 Å². The fraction of sp³-hybridized carbons (Fsp3) is 0.909. The van der Waals surface area contributed by atoms with Crippen LogP contribution in [-0.2, 0) is 0 Å². The lowest BCUT2D eigenvalue weighted by atomic mass is 10.2. The van der Waals surface area contributed by atoms with Crippen LogP contribution in [0.4, 0.5) is 13.2 Å². The van der Waals surface area contributed by atoms with E-state index >= 15 is 0 Å². The maximum atomic E-state index is 12.1. The molecule has 0 aromatic heterocycles. The first kappa shape index (κ1) is 19.1. The first-order valence-electron chi connectivity index (χ1n) is 5.90. The van der Waals surface area contributed by atoms with Crippen molar-refractivity contribution in [1.29, 1.82) is 0 Å². The summed E-state index contributed by atoms with van der Waals surface area (Å²) >= 11 is 1.88. The number of thioether (sulfide) groups is 1. The van der Waals surface area contributed by atoms with Gasteiger partial charge >= 0.3 is 6.18 Å². The molecule has 0 aromatic carbocycles. The fourth-order valence-corrected chi connectivity index (χ4v) is 2.96. The highest BCUT2D eigenvalue weighted by molar-refractivity contribution is 14.0. The SMILES string of the molecule is CN=C(NCCC(F)(F)F)N1CCSC(C)(C)C1.I. The molecule has 0 bridgehead atoms. The molecule has 1 heterocycles. The molecule has 1 aliphatic heterocycles. The Morgan fingerprint density at radius 3 is 2.53 bits per heavy atom. The second kappa shape index (κ2) is 7.80. The third-order valence-corrected chi connectivity index (χ3v) is 3.93. The van der Waals surface area contributed by atoms with Crippen molar-refractivity contribution in [2.75, 3.05) is 32.4 Å². The summed E-state index contributed by atoms with van der Waals surface area (Å²) in [6, 6.07) is 0. The van der Waals surface area contributed by atoms with E-state index in [9.17, 15) is 13.2 Å². The van der Waals surface area contributed by atoms with Crippen LogP contribution in [-0.4, -0.2) is 54.2 Å². The molecular formula is C11H21F3IN3S. The first-order chi connectivity index (χ1) is 8.23. The lowest BCUT2D eigenvalue weighted by molar-refractivity contribution is -0.132. The summed E-state index contributed by atoms with van der Waals surface area (Å²) in [7, 11) is 1.60. The Morgan fingerprint density at radius 2 is 2.05 bits per heavy atom. The summed E-state index contributed by atoms with van der Waals surface area (Å²) in [5.74, 6) is 1.53. The van der Waals surface area contributed by atoms with E-state index in [-0.39, 0.29) is 35.3 Å². The summed E-state index contributed by atoms with van der Waals surface area (Å²) in [6.45, 7) is 5.75. The molecule has 0 spiro atoms. The number of aliphatic imine (C=N–C) groups is 1. The summed E-state index contributed by atoms with van der Waals surface area (Å²) in [5.41, 5.74) is 0. The van der Waals surface area contributed by atoms with E-state index in [1.54, 1.807) is 7.05 Å². The Balaban J connectivity index is 0.00000324. The van der Waals surface area contributed by atoms with Gasteiger partial charge in [-0.3, -0.25) is 4.99 Å². The number of alkyl halides is 3. The van der Waals surface area contributed by atoms with E-state index in [4.69, 9.17) is 0 Å². The van der Waals surface area contributed by atoms with Gasteiger partial charge in [-0.2, -0.15) is 24.9 Å². The van der Waals surface area contributed by atoms with Crippen molar-refractivity contribution in [2.45, 2.75) is 31.2 Å². The summed E-state index contributed by atoms with van der Waals surface area (Å²) in [6.07, 6.45) is -4.96. The van der Waals surface area contributed by atoms with E-state index in [0.717, 1.165) is 18.8 Å². The van der Waals surface area contributed by atoms with Crippen LogP contribution >= 0.6 is 35.7 Å². The molecule has 1 rings (SSSR count). The lowest BCUT2D eigenvalue weighted by Gasteiger charge is -2.39. The number of hydrogen-bond acceptors (Lipinski definition) is 2. The lowest BCUT2D eigenvalue weighted by Crippen LogP contribution is -2.51. The highest BCUT2D eigenvalue weighted by atomic mass is 127. The van der Waals surface area contributed by atoms with E-state index in [1.165, 1.54) is 0 Å². The van der Waals surface area contributed by atoms with Crippen LogP contribution in [0.5, 0.6) is 0 Å². The highest BCUT2D eigenvalue weighted by Crippen LogP contribution is 2.29. The molecule has 1 aliphatic rings. The summed E-state index contributed by atoms with van der Waals surface area (Å²) in [5, 5.41) is 2.78. The zero-order valence-electron chi connectivity index (χ0n) is 11.4. The number of hydrogen-bond donors (Lipinski definition) is 1. The van der Waals surface area contributed by atoms with Crippen LogP contribution < -0.4 is 5.32 Å². The zero-order chi connectivity index (χ0) is 13.8. The van der Waals surface area contributed by atoms with Crippen molar-refractivity contribution in [3.05, 3.63) is 0 Å². The summed E-state index contributed by atoms with van der Waals surface area (Å²) < 4.78 is 36.3. The average molecular weight is 411 g/mol. The van der Waals surface area contributed by atoms with E-state index in [1.807, 2.05) is 16.7 Å². The van der Waals surface area contributed by atoms with Gasteiger partial charge in [0.05, 0.1) is 6.42 Å². The second-order valence-corrected chi connectivity index (χ2v) is 6.67. The Kier molecular flexibility index (Phi) is 7.86. The molecule has 0 atom stereocenters. The molecule has 0 radical (unpaired) electrons. The standard InChI is InChI=1S/C11H20F3N3S.HI/c1-10(2)8-17(6-7-18-10)9(15-3)16-5-4-11(12,13)14;/h4-8H2,1-3H3,(H,15,16);1H. The van der Waals surface area contributed by atoms with Gasteiger partial charge in [0.2, 0.25) is 0 Å². The van der Waals surface area contributed by atoms with Crippen molar-refractivity contribution < 1.29 is 13.2 Å². The van der Waals surface area contributed by atoms with Gasteiger partial charge in [0.15, 0.2) is 5.96 Å². The molecular weight excluding hydrogens is 390 g/mol. The van der Waals surface area contributed by atoms with Gasteiger partial charge in [0.25, 0.3) is 0 Å². The molecule has 1 N–H and O–H groups in total. The number of nitrogens with zero attached hydrogens (tertiary/aromatic N) is 2. The smallest absolute Gasteiger partial charge is 0.356 e. The quantitative estimate of drug-likeness (QED) is 0.430. The van der Waals surface area contributed by atoms with Crippen LogP contribution in [0.1, 0.15) is 20.3 Å². The average Bonchev–Trinajstić information content (AvgIpc) is 2.21. The van der Waals surface area contributed by atoms with Crippen LogP contribution in [0.25, 0.3) is 0 Å². The van der Waals surface area contributed by atoms with E-state index in [2.05, 4.69) is 24.2 Å². The minimum absolute atomic E-state index is 0. The van der Waals surface area contributed by atoms with Gasteiger partial charge in [-0.15, -0.1) is 24.0 Å². The Labute approximate surface area is 133 Å². The Hall–Kier alpha value is 0.140. The third-order valence-electron chi connectivity index (χ3n) is 2.63. The molecule has 0 amide bonds. The van der Waals surface area contributed by atoms with Crippen LogP contribution in [0.3, 0.4) is 0 Å². The van der Waals surface area contributed by atoms with Gasteiger partial charge < -0.3 is 10.2 Å². The third kappa shape index (κ3) is 7.48. The number of rotatable bonds is 2.